The van der Waals surface area contributed by atoms with Gasteiger partial charge in [0.15, 0.2) is 0 Å². The van der Waals surface area contributed by atoms with Crippen LogP contribution in [0, 0.1) is 6.92 Å². The number of nitrogens with zero attached hydrogens (tertiary/aromatic N) is 1. The molecule has 2 rings (SSSR count). The molecule has 0 aliphatic carbocycles. The fraction of sp³-hybridized carbons (Fsp3) is 0.167. The number of aromatic nitrogens is 1. The molecule has 0 aliphatic rings. The highest BCUT2D eigenvalue weighted by Crippen LogP contribution is 2.34. The Hall–Kier alpha value is 0.0700. The minimum atomic E-state index is 1.12. The average molecular weight is 234 g/mol. The van der Waals surface area contributed by atoms with Crippen LogP contribution in [-0.4, -0.2) is 4.98 Å². The zero-order chi connectivity index (χ0) is 7.14. The topological polar surface area (TPSA) is 12.9 Å². The Morgan fingerprint density at radius 3 is 3.10 bits per heavy atom. The van der Waals surface area contributed by atoms with Crippen LogP contribution in [-0.2, 0) is 0 Å². The highest BCUT2D eigenvalue weighted by Gasteiger charge is 2.04. The molecule has 0 aromatic carbocycles. The third-order valence-corrected chi connectivity index (χ3v) is 4.32. The second-order valence-electron chi connectivity index (χ2n) is 1.96. The van der Waals surface area contributed by atoms with Gasteiger partial charge in [0.1, 0.15) is 0 Å². The van der Waals surface area contributed by atoms with E-state index in [1.165, 1.54) is 8.49 Å². The van der Waals surface area contributed by atoms with Crippen molar-refractivity contribution in [2.75, 3.05) is 0 Å². The summed E-state index contributed by atoms with van der Waals surface area (Å²) < 4.78 is 2.48. The largest absolute Gasteiger partial charge is 0.241 e. The molecule has 2 heterocycles. The van der Waals surface area contributed by atoms with Crippen molar-refractivity contribution in [3.63, 3.8) is 0 Å². The van der Waals surface area contributed by atoms with Gasteiger partial charge in [0, 0.05) is 5.38 Å². The van der Waals surface area contributed by atoms with Gasteiger partial charge in [0.05, 0.1) is 19.0 Å². The lowest BCUT2D eigenvalue weighted by molar-refractivity contribution is 1.35. The van der Waals surface area contributed by atoms with E-state index in [2.05, 4.69) is 26.3 Å². The quantitative estimate of drug-likeness (QED) is 0.680. The first-order valence-corrected chi connectivity index (χ1v) is 5.26. The molecular formula is C6H4BrNS2. The van der Waals surface area contributed by atoms with Crippen LogP contribution in [0.25, 0.3) is 10.2 Å². The molecule has 0 spiro atoms. The van der Waals surface area contributed by atoms with E-state index in [0.29, 0.717) is 0 Å². The second kappa shape index (κ2) is 2.29. The molecule has 0 N–H and O–H groups in total. The van der Waals surface area contributed by atoms with Crippen molar-refractivity contribution in [3.8, 4) is 0 Å². The zero-order valence-electron chi connectivity index (χ0n) is 5.22. The maximum Gasteiger partial charge on any atom is 0.0934 e. The molecule has 2 aromatic heterocycles. The van der Waals surface area contributed by atoms with Crippen molar-refractivity contribution in [2.24, 2.45) is 0 Å². The summed E-state index contributed by atoms with van der Waals surface area (Å²) >= 11 is 6.90. The molecule has 0 atom stereocenters. The standard InChI is InChI=1S/C6H4BrNS2/c1-3-8-4-2-9-6(7)5(4)10-3/h2H,1H3. The molecule has 10 heavy (non-hydrogen) atoms. The number of hydrogen-bond acceptors (Lipinski definition) is 3. The number of halogens is 1. The van der Waals surface area contributed by atoms with Crippen molar-refractivity contribution >= 4 is 48.8 Å². The van der Waals surface area contributed by atoms with Gasteiger partial charge in [-0.25, -0.2) is 4.98 Å². The van der Waals surface area contributed by atoms with Crippen LogP contribution >= 0.6 is 38.6 Å². The number of fused-ring (bicyclic) bond motifs is 1. The van der Waals surface area contributed by atoms with Gasteiger partial charge in [-0.2, -0.15) is 0 Å². The molecule has 0 unspecified atom stereocenters. The lowest BCUT2D eigenvalue weighted by Gasteiger charge is -1.74. The fourth-order valence-corrected chi connectivity index (χ4v) is 3.22. The van der Waals surface area contributed by atoms with E-state index in [-0.39, 0.29) is 0 Å². The molecule has 0 fully saturated rings. The molecule has 0 radical (unpaired) electrons. The summed E-state index contributed by atoms with van der Waals surface area (Å²) in [5.41, 5.74) is 1.12. The molecule has 4 heteroatoms. The second-order valence-corrected chi connectivity index (χ2v) is 5.36. The summed E-state index contributed by atoms with van der Waals surface area (Å²) in [6, 6.07) is 0. The Kier molecular flexibility index (Phi) is 1.55. The summed E-state index contributed by atoms with van der Waals surface area (Å²) in [6.07, 6.45) is 0. The highest BCUT2D eigenvalue weighted by atomic mass is 79.9. The molecule has 0 bridgehead atoms. The first-order valence-electron chi connectivity index (χ1n) is 2.77. The molecular weight excluding hydrogens is 230 g/mol. The Bertz CT molecular complexity index is 363. The maximum atomic E-state index is 4.33. The van der Waals surface area contributed by atoms with Gasteiger partial charge in [-0.15, -0.1) is 22.7 Å². The Labute approximate surface area is 74.8 Å². The Balaban J connectivity index is 2.90. The van der Waals surface area contributed by atoms with Gasteiger partial charge < -0.3 is 0 Å². The lowest BCUT2D eigenvalue weighted by Crippen LogP contribution is -1.60. The Morgan fingerprint density at radius 1 is 1.60 bits per heavy atom. The SMILES string of the molecule is Cc1nc2csc(Br)c2s1. The lowest BCUT2D eigenvalue weighted by atomic mass is 10.6. The van der Waals surface area contributed by atoms with Crippen LogP contribution in [0.4, 0.5) is 0 Å². The zero-order valence-corrected chi connectivity index (χ0v) is 8.44. The number of thiophene rings is 1. The van der Waals surface area contributed by atoms with E-state index < -0.39 is 0 Å². The third-order valence-electron chi connectivity index (χ3n) is 1.21. The first-order chi connectivity index (χ1) is 4.77. The fourth-order valence-electron chi connectivity index (χ4n) is 0.825. The summed E-state index contributed by atoms with van der Waals surface area (Å²) in [6.45, 7) is 2.03. The summed E-state index contributed by atoms with van der Waals surface area (Å²) in [7, 11) is 0. The maximum absolute atomic E-state index is 4.33. The average Bonchev–Trinajstić information content (AvgIpc) is 2.35. The predicted molar refractivity (Wildman–Crippen MR) is 49.9 cm³/mol. The van der Waals surface area contributed by atoms with Crippen molar-refractivity contribution < 1.29 is 0 Å². The molecule has 0 amide bonds. The van der Waals surface area contributed by atoms with Gasteiger partial charge >= 0.3 is 0 Å². The van der Waals surface area contributed by atoms with Crippen LogP contribution in [0.1, 0.15) is 5.01 Å². The van der Waals surface area contributed by atoms with Crippen LogP contribution in [0.3, 0.4) is 0 Å². The summed E-state index contributed by atoms with van der Waals surface area (Å²) in [5.74, 6) is 0. The van der Waals surface area contributed by atoms with Crippen LogP contribution < -0.4 is 0 Å². The summed E-state index contributed by atoms with van der Waals surface area (Å²) in [4.78, 5) is 4.33. The number of aryl methyl sites for hydroxylation is 1. The van der Waals surface area contributed by atoms with Crippen molar-refractivity contribution in [2.45, 2.75) is 6.92 Å². The summed E-state index contributed by atoms with van der Waals surface area (Å²) in [5, 5.41) is 3.21. The van der Waals surface area contributed by atoms with Crippen LogP contribution in [0.5, 0.6) is 0 Å². The van der Waals surface area contributed by atoms with Gasteiger partial charge in [0.2, 0.25) is 0 Å². The first kappa shape index (κ1) is 6.76. The molecule has 52 valence electrons. The van der Waals surface area contributed by atoms with Crippen molar-refractivity contribution in [3.05, 3.63) is 14.2 Å². The third kappa shape index (κ3) is 0.909. The minimum Gasteiger partial charge on any atom is -0.241 e. The van der Waals surface area contributed by atoms with Gasteiger partial charge in [-0.3, -0.25) is 0 Å². The predicted octanol–water partition coefficient (Wildman–Crippen LogP) is 3.43. The monoisotopic (exact) mass is 233 g/mol. The van der Waals surface area contributed by atoms with Gasteiger partial charge in [-0.1, -0.05) is 0 Å². The molecule has 2 aromatic rings. The van der Waals surface area contributed by atoms with Gasteiger partial charge in [0.25, 0.3) is 0 Å². The number of hydrogen-bond donors (Lipinski definition) is 0. The van der Waals surface area contributed by atoms with Crippen LogP contribution in [0.2, 0.25) is 0 Å². The highest BCUT2D eigenvalue weighted by molar-refractivity contribution is 9.11. The van der Waals surface area contributed by atoms with Gasteiger partial charge in [-0.05, 0) is 22.9 Å². The number of thiazole rings is 1. The van der Waals surface area contributed by atoms with E-state index in [1.54, 1.807) is 22.7 Å². The minimum absolute atomic E-state index is 1.12. The Morgan fingerprint density at radius 2 is 2.40 bits per heavy atom. The van der Waals surface area contributed by atoms with E-state index in [1.807, 2.05) is 6.92 Å². The van der Waals surface area contributed by atoms with Crippen molar-refractivity contribution in [1.82, 2.24) is 4.98 Å². The molecule has 0 saturated carbocycles. The van der Waals surface area contributed by atoms with Crippen LogP contribution in [0.15, 0.2) is 9.17 Å². The number of rotatable bonds is 0. The molecule has 0 saturated heterocycles. The van der Waals surface area contributed by atoms with E-state index in [0.717, 1.165) is 10.5 Å². The van der Waals surface area contributed by atoms with Crippen molar-refractivity contribution in [1.29, 1.82) is 0 Å². The smallest absolute Gasteiger partial charge is 0.0934 e. The van der Waals surface area contributed by atoms with E-state index >= 15 is 0 Å². The normalized spacial score (nSPS) is 11.0. The van der Waals surface area contributed by atoms with E-state index in [4.69, 9.17) is 0 Å². The molecule has 0 aliphatic heterocycles. The van der Waals surface area contributed by atoms with E-state index in [9.17, 15) is 0 Å². The molecule has 1 nitrogen and oxygen atoms in total.